The van der Waals surface area contributed by atoms with Crippen LogP contribution in [0.15, 0.2) is 72.8 Å². The van der Waals surface area contributed by atoms with Crippen molar-refractivity contribution in [3.8, 4) is 11.5 Å². The summed E-state index contributed by atoms with van der Waals surface area (Å²) in [5.74, 6) is 0.0881. The number of hydrogen-bond donors (Lipinski definition) is 1. The van der Waals surface area contributed by atoms with Crippen molar-refractivity contribution < 1.29 is 38.1 Å². The Bertz CT molecular complexity index is 2320. The van der Waals surface area contributed by atoms with Gasteiger partial charge in [0.05, 0.1) is 56.1 Å². The molecular weight excluding hydrogens is 980 g/mol. The summed E-state index contributed by atoms with van der Waals surface area (Å²) in [4.78, 5) is 63.8. The molecule has 0 saturated carbocycles. The molecule has 2 saturated heterocycles. The van der Waals surface area contributed by atoms with E-state index >= 15 is 0 Å². The van der Waals surface area contributed by atoms with Crippen molar-refractivity contribution in [2.75, 3.05) is 118 Å². The van der Waals surface area contributed by atoms with Crippen LogP contribution in [0.4, 0.5) is 27.5 Å². The number of piperazine rings is 2. The SMILES string of the molecule is O=C(CNC(=O)OCN1C(=O)CCc2ccc(OCCCCN3CCN(c4cccc(Cl)c4Cl)CC3)cc21)OCN1C(=O)CCc2ccc(OCCCCN3CCN(c4cccc(Cl)c4Cl)CC3)cc21. The summed E-state index contributed by atoms with van der Waals surface area (Å²) >= 11 is 25.3. The molecule has 4 aliphatic rings. The summed E-state index contributed by atoms with van der Waals surface area (Å²) in [5.41, 5.74) is 5.05. The highest BCUT2D eigenvalue weighted by atomic mass is 35.5. The molecule has 19 heteroatoms. The molecule has 4 aromatic rings. The summed E-state index contributed by atoms with van der Waals surface area (Å²) in [6.45, 7) is 9.00. The third-order valence-corrected chi connectivity index (χ3v) is 14.8. The van der Waals surface area contributed by atoms with E-state index in [1.54, 1.807) is 24.3 Å². The number of carbonyl (C=O) groups is 4. The molecule has 8 rings (SSSR count). The van der Waals surface area contributed by atoms with Gasteiger partial charge in [0.15, 0.2) is 13.5 Å². The third kappa shape index (κ3) is 13.4. The van der Waals surface area contributed by atoms with Crippen LogP contribution in [-0.2, 0) is 36.7 Å². The standard InChI is InChI=1S/C51H59Cl4N7O8/c52-40-7-5-9-42(49(40)54)59-25-21-57(22-26-59)19-1-3-29-67-38-15-11-36-13-17-46(63)61(44(36)31-38)34-69-48(65)33-56-51(66)70-35-62-45-32-39(16-12-37(45)14-18-47(62)64)68-30-4-2-20-58-23-27-60(28-24-58)43-10-6-8-41(53)50(43)55/h5-12,15-16,31-32H,1-4,13-14,17-30,33-35H2,(H,56,66). The van der Waals surface area contributed by atoms with Crippen LogP contribution in [0.3, 0.4) is 0 Å². The lowest BCUT2D eigenvalue weighted by atomic mass is 10.0. The molecule has 3 amide bonds. The van der Waals surface area contributed by atoms with E-state index in [1.165, 1.54) is 9.80 Å². The van der Waals surface area contributed by atoms with Crippen molar-refractivity contribution >= 4 is 93.0 Å². The molecule has 0 aromatic heterocycles. The monoisotopic (exact) mass is 1040 g/mol. The van der Waals surface area contributed by atoms with Crippen LogP contribution in [0.1, 0.15) is 49.7 Å². The van der Waals surface area contributed by atoms with Gasteiger partial charge in [-0.3, -0.25) is 34.0 Å². The van der Waals surface area contributed by atoms with Gasteiger partial charge in [-0.25, -0.2) is 4.79 Å². The first kappa shape index (κ1) is 51.2. The number of nitrogens with zero attached hydrogens (tertiary/aromatic N) is 6. The van der Waals surface area contributed by atoms with Crippen LogP contribution in [0.5, 0.6) is 11.5 Å². The molecule has 1 N–H and O–H groups in total. The minimum atomic E-state index is -0.901. The number of esters is 1. The predicted octanol–water partition coefficient (Wildman–Crippen LogP) is 8.71. The number of carbonyl (C=O) groups excluding carboxylic acids is 4. The van der Waals surface area contributed by atoms with Crippen molar-refractivity contribution in [2.45, 2.75) is 51.4 Å². The van der Waals surface area contributed by atoms with E-state index in [9.17, 15) is 19.2 Å². The highest BCUT2D eigenvalue weighted by molar-refractivity contribution is 6.44. The lowest BCUT2D eigenvalue weighted by Crippen LogP contribution is -2.46. The molecule has 4 aromatic carbocycles. The average molecular weight is 1040 g/mol. The predicted molar refractivity (Wildman–Crippen MR) is 274 cm³/mol. The highest BCUT2D eigenvalue weighted by Gasteiger charge is 2.28. The summed E-state index contributed by atoms with van der Waals surface area (Å²) < 4.78 is 23.0. The normalized spacial score (nSPS) is 16.5. The first-order valence-corrected chi connectivity index (χ1v) is 25.5. The van der Waals surface area contributed by atoms with Crippen molar-refractivity contribution in [3.05, 3.63) is 104 Å². The van der Waals surface area contributed by atoms with E-state index in [0.29, 0.717) is 69.0 Å². The number of halogens is 4. The minimum absolute atomic E-state index is 0.190. The van der Waals surface area contributed by atoms with Gasteiger partial charge in [0.2, 0.25) is 11.8 Å². The Labute approximate surface area is 429 Å². The molecule has 15 nitrogen and oxygen atoms in total. The molecule has 4 aliphatic heterocycles. The van der Waals surface area contributed by atoms with Crippen molar-refractivity contribution in [2.24, 2.45) is 0 Å². The molecular formula is C51H59Cl4N7O8. The van der Waals surface area contributed by atoms with E-state index in [2.05, 4.69) is 24.9 Å². The maximum Gasteiger partial charge on any atom is 0.409 e. The summed E-state index contributed by atoms with van der Waals surface area (Å²) in [7, 11) is 0. The number of hydrogen-bond acceptors (Lipinski definition) is 12. The lowest BCUT2D eigenvalue weighted by Gasteiger charge is -2.36. The third-order valence-electron chi connectivity index (χ3n) is 13.1. The molecule has 0 atom stereocenters. The van der Waals surface area contributed by atoms with E-state index in [1.807, 2.05) is 48.5 Å². The number of alkyl carbamates (subject to hydrolysis) is 1. The Morgan fingerprint density at radius 2 is 0.986 bits per heavy atom. The number of unbranched alkanes of at least 4 members (excludes halogenated alkanes) is 2. The average Bonchev–Trinajstić information content (AvgIpc) is 3.37. The fourth-order valence-electron chi connectivity index (χ4n) is 9.16. The second kappa shape index (κ2) is 24.8. The second-order valence-electron chi connectivity index (χ2n) is 17.7. The Morgan fingerprint density at radius 1 is 0.529 bits per heavy atom. The molecule has 0 radical (unpaired) electrons. The number of ether oxygens (including phenoxy) is 4. The van der Waals surface area contributed by atoms with Gasteiger partial charge in [-0.2, -0.15) is 0 Å². The molecule has 0 aliphatic carbocycles. The maximum atomic E-state index is 13.0. The number of nitrogens with one attached hydrogen (secondary N) is 1. The topological polar surface area (TPSA) is 137 Å². The van der Waals surface area contributed by atoms with Crippen LogP contribution in [0.2, 0.25) is 20.1 Å². The molecule has 0 spiro atoms. The van der Waals surface area contributed by atoms with Crippen molar-refractivity contribution in [1.82, 2.24) is 15.1 Å². The van der Waals surface area contributed by atoms with Crippen LogP contribution in [0.25, 0.3) is 0 Å². The number of rotatable bonds is 20. The maximum absolute atomic E-state index is 13.0. The number of amides is 3. The zero-order valence-corrected chi connectivity index (χ0v) is 42.2. The van der Waals surface area contributed by atoms with E-state index in [-0.39, 0.29) is 38.1 Å². The van der Waals surface area contributed by atoms with E-state index < -0.39 is 18.6 Å². The van der Waals surface area contributed by atoms with Gasteiger partial charge in [-0.15, -0.1) is 0 Å². The van der Waals surface area contributed by atoms with Crippen LogP contribution in [0, 0.1) is 0 Å². The molecule has 4 heterocycles. The first-order chi connectivity index (χ1) is 34.0. The van der Waals surface area contributed by atoms with Gasteiger partial charge in [0.1, 0.15) is 18.0 Å². The van der Waals surface area contributed by atoms with Gasteiger partial charge in [0, 0.05) is 77.3 Å². The van der Waals surface area contributed by atoms with Crippen LogP contribution < -0.4 is 34.4 Å². The number of fused-ring (bicyclic) bond motifs is 2. The van der Waals surface area contributed by atoms with Gasteiger partial charge in [-0.05, 0) is 99.1 Å². The van der Waals surface area contributed by atoms with E-state index in [0.717, 1.165) is 114 Å². The van der Waals surface area contributed by atoms with Gasteiger partial charge >= 0.3 is 12.1 Å². The fraction of sp³-hybridized carbons (Fsp3) is 0.451. The summed E-state index contributed by atoms with van der Waals surface area (Å²) in [6.07, 6.45) is 4.40. The molecule has 70 heavy (non-hydrogen) atoms. The smallest absolute Gasteiger partial charge is 0.409 e. The Morgan fingerprint density at radius 3 is 1.46 bits per heavy atom. The minimum Gasteiger partial charge on any atom is -0.494 e. The Balaban J connectivity index is 0.715. The Kier molecular flexibility index (Phi) is 18.1. The molecule has 0 bridgehead atoms. The quantitative estimate of drug-likeness (QED) is 0.0670. The highest BCUT2D eigenvalue weighted by Crippen LogP contribution is 2.36. The molecule has 2 fully saturated rings. The number of benzene rings is 4. The zero-order valence-electron chi connectivity index (χ0n) is 39.2. The first-order valence-electron chi connectivity index (χ1n) is 24.0. The summed E-state index contributed by atoms with van der Waals surface area (Å²) in [5, 5.41) is 4.71. The van der Waals surface area contributed by atoms with Gasteiger partial charge < -0.3 is 34.1 Å². The number of aryl methyl sites for hydroxylation is 2. The zero-order chi connectivity index (χ0) is 49.0. The summed E-state index contributed by atoms with van der Waals surface area (Å²) in [6, 6.07) is 22.7. The lowest BCUT2D eigenvalue weighted by molar-refractivity contribution is -0.143. The van der Waals surface area contributed by atoms with E-state index in [4.69, 9.17) is 65.4 Å². The second-order valence-corrected chi connectivity index (χ2v) is 19.3. The largest absolute Gasteiger partial charge is 0.494 e. The number of anilines is 4. The van der Waals surface area contributed by atoms with Gasteiger partial charge in [0.25, 0.3) is 0 Å². The van der Waals surface area contributed by atoms with Crippen LogP contribution in [-0.4, -0.2) is 132 Å². The molecule has 374 valence electrons. The van der Waals surface area contributed by atoms with Crippen molar-refractivity contribution in [1.29, 1.82) is 0 Å². The van der Waals surface area contributed by atoms with Crippen LogP contribution >= 0.6 is 46.4 Å². The Hall–Kier alpha value is -5.16. The van der Waals surface area contributed by atoms with Gasteiger partial charge in [-0.1, -0.05) is 70.7 Å². The molecule has 0 unspecified atom stereocenters. The van der Waals surface area contributed by atoms with Crippen molar-refractivity contribution in [3.63, 3.8) is 0 Å². The fourth-order valence-corrected chi connectivity index (χ4v) is 9.99.